The minimum Gasteiger partial charge on any atom is -0.496 e. The molecule has 0 aromatic heterocycles. The van der Waals surface area contributed by atoms with Crippen molar-refractivity contribution in [1.29, 1.82) is 0 Å². The maximum absolute atomic E-state index is 14.1. The third-order valence-electron chi connectivity index (χ3n) is 8.23. The number of hydrogen-bond acceptors (Lipinski definition) is 6. The lowest BCUT2D eigenvalue weighted by molar-refractivity contribution is -0.133. The summed E-state index contributed by atoms with van der Waals surface area (Å²) in [6.07, 6.45) is 1.67. The monoisotopic (exact) mass is 651 g/mol. The molecule has 45 heavy (non-hydrogen) atoms. The van der Waals surface area contributed by atoms with E-state index in [4.69, 9.17) is 33.7 Å². The lowest BCUT2D eigenvalue weighted by Crippen LogP contribution is -2.50. The van der Waals surface area contributed by atoms with E-state index in [0.717, 1.165) is 5.56 Å². The van der Waals surface area contributed by atoms with Crippen LogP contribution in [0.5, 0.6) is 5.75 Å². The van der Waals surface area contributed by atoms with E-state index in [9.17, 15) is 19.2 Å². The number of piperazine rings is 1. The maximum atomic E-state index is 14.1. The predicted octanol–water partition coefficient (Wildman–Crippen LogP) is 4.80. The summed E-state index contributed by atoms with van der Waals surface area (Å²) in [7, 11) is 1.47. The molecule has 5 rings (SSSR count). The number of fused-ring (bicyclic) bond motifs is 1. The standard InChI is InChI=1S/C33H35Cl2N5O5/c1-45-29-19-23(37-32(43)24-6-2-3-7-27(24)35)9-10-25(29)33(44)40-12-4-5-21(26-18-22(34)8-11-28(26)40)17-31(42)39-15-13-38(14-16-39)20-30(36)41/h2-3,6-11,18-19,21H,4-5,12-17,20H2,1H3,(H2,36,41)(H,37,43). The summed E-state index contributed by atoms with van der Waals surface area (Å²) in [5, 5.41) is 3.67. The quantitative estimate of drug-likeness (QED) is 0.361. The summed E-state index contributed by atoms with van der Waals surface area (Å²) in [5.41, 5.74) is 7.97. The van der Waals surface area contributed by atoms with Crippen LogP contribution in [0.4, 0.5) is 11.4 Å². The smallest absolute Gasteiger partial charge is 0.262 e. The van der Waals surface area contributed by atoms with Gasteiger partial charge in [-0.05, 0) is 66.8 Å². The Balaban J connectivity index is 1.34. The summed E-state index contributed by atoms with van der Waals surface area (Å²) >= 11 is 12.6. The van der Waals surface area contributed by atoms with Crippen molar-refractivity contribution in [2.45, 2.75) is 25.2 Å². The second kappa shape index (κ2) is 14.3. The van der Waals surface area contributed by atoms with Crippen LogP contribution >= 0.6 is 23.2 Å². The Morgan fingerprint density at radius 2 is 1.69 bits per heavy atom. The first-order chi connectivity index (χ1) is 21.6. The molecule has 0 radical (unpaired) electrons. The van der Waals surface area contributed by atoms with Gasteiger partial charge in [0.05, 0.1) is 29.8 Å². The summed E-state index contributed by atoms with van der Waals surface area (Å²) in [6, 6.07) is 17.0. The number of halogens is 2. The van der Waals surface area contributed by atoms with E-state index in [1.165, 1.54) is 7.11 Å². The van der Waals surface area contributed by atoms with Crippen molar-refractivity contribution in [1.82, 2.24) is 9.80 Å². The van der Waals surface area contributed by atoms with Gasteiger partial charge in [-0.25, -0.2) is 0 Å². The minimum atomic E-state index is -0.381. The molecule has 0 aliphatic carbocycles. The number of ether oxygens (including phenoxy) is 1. The fourth-order valence-corrected chi connectivity index (χ4v) is 6.35. The Hall–Kier alpha value is -4.12. The average molecular weight is 653 g/mol. The van der Waals surface area contributed by atoms with E-state index in [2.05, 4.69) is 5.32 Å². The number of hydrogen-bond donors (Lipinski definition) is 2. The van der Waals surface area contributed by atoms with Gasteiger partial charge in [0.1, 0.15) is 5.75 Å². The van der Waals surface area contributed by atoms with E-state index < -0.39 is 0 Å². The van der Waals surface area contributed by atoms with Gasteiger partial charge >= 0.3 is 0 Å². The number of nitrogens with two attached hydrogens (primary N) is 1. The molecular weight excluding hydrogens is 617 g/mol. The first-order valence-corrected chi connectivity index (χ1v) is 15.5. The molecule has 12 heteroatoms. The first-order valence-electron chi connectivity index (χ1n) is 14.8. The third kappa shape index (κ3) is 7.58. The Morgan fingerprint density at radius 1 is 0.933 bits per heavy atom. The topological polar surface area (TPSA) is 125 Å². The Kier molecular flexibility index (Phi) is 10.3. The zero-order valence-corrected chi connectivity index (χ0v) is 26.4. The number of anilines is 2. The van der Waals surface area contributed by atoms with Crippen LogP contribution in [0.25, 0.3) is 0 Å². The Morgan fingerprint density at radius 3 is 2.40 bits per heavy atom. The average Bonchev–Trinajstić information content (AvgIpc) is 3.19. The molecule has 2 heterocycles. The van der Waals surface area contributed by atoms with Crippen LogP contribution in [0.2, 0.25) is 10.0 Å². The maximum Gasteiger partial charge on any atom is 0.262 e. The van der Waals surface area contributed by atoms with Crippen LogP contribution < -0.4 is 20.7 Å². The van der Waals surface area contributed by atoms with Gasteiger partial charge in [-0.1, -0.05) is 35.3 Å². The molecule has 1 atom stereocenters. The molecule has 1 saturated heterocycles. The molecule has 0 spiro atoms. The number of methoxy groups -OCH3 is 1. The highest BCUT2D eigenvalue weighted by Crippen LogP contribution is 2.40. The summed E-state index contributed by atoms with van der Waals surface area (Å²) in [6.45, 7) is 2.87. The van der Waals surface area contributed by atoms with Gasteiger partial charge in [0.25, 0.3) is 11.8 Å². The number of benzene rings is 3. The molecule has 0 saturated carbocycles. The molecule has 3 aromatic carbocycles. The van der Waals surface area contributed by atoms with Gasteiger partial charge in [-0.2, -0.15) is 0 Å². The van der Waals surface area contributed by atoms with Crippen molar-refractivity contribution in [3.05, 3.63) is 87.4 Å². The highest BCUT2D eigenvalue weighted by Gasteiger charge is 2.32. The molecule has 1 fully saturated rings. The number of nitrogens with one attached hydrogen (secondary N) is 1. The molecule has 10 nitrogen and oxygen atoms in total. The molecule has 4 amide bonds. The fourth-order valence-electron chi connectivity index (χ4n) is 5.94. The molecule has 2 aliphatic rings. The van der Waals surface area contributed by atoms with Crippen molar-refractivity contribution in [2.24, 2.45) is 5.73 Å². The summed E-state index contributed by atoms with van der Waals surface area (Å²) in [5.74, 6) is -0.823. The van der Waals surface area contributed by atoms with Crippen molar-refractivity contribution in [3.8, 4) is 5.75 Å². The summed E-state index contributed by atoms with van der Waals surface area (Å²) in [4.78, 5) is 57.0. The van der Waals surface area contributed by atoms with Gasteiger partial charge in [0.15, 0.2) is 0 Å². The zero-order chi connectivity index (χ0) is 32.1. The number of carbonyl (C=O) groups excluding carboxylic acids is 4. The minimum absolute atomic E-state index is 0.0283. The van der Waals surface area contributed by atoms with Crippen molar-refractivity contribution in [3.63, 3.8) is 0 Å². The SMILES string of the molecule is COc1cc(NC(=O)c2ccccc2Cl)ccc1C(=O)N1CCCC(CC(=O)N2CCN(CC(N)=O)CC2)c2cc(Cl)ccc21. The number of primary amides is 1. The predicted molar refractivity (Wildman–Crippen MR) is 174 cm³/mol. The van der Waals surface area contributed by atoms with Gasteiger partial charge in [0, 0.05) is 61.6 Å². The molecule has 3 aromatic rings. The number of amides is 4. The lowest BCUT2D eigenvalue weighted by atomic mass is 9.90. The number of carbonyl (C=O) groups is 4. The molecule has 2 aliphatic heterocycles. The largest absolute Gasteiger partial charge is 0.496 e. The lowest BCUT2D eigenvalue weighted by Gasteiger charge is -2.35. The second-order valence-corrected chi connectivity index (χ2v) is 12.0. The van der Waals surface area contributed by atoms with Crippen molar-refractivity contribution >= 4 is 58.2 Å². The van der Waals surface area contributed by atoms with Crippen LogP contribution in [0.1, 0.15) is 51.5 Å². The van der Waals surface area contributed by atoms with Crippen LogP contribution in [0.15, 0.2) is 60.7 Å². The Labute approximate surface area is 272 Å². The van der Waals surface area contributed by atoms with Crippen LogP contribution in [0.3, 0.4) is 0 Å². The molecule has 236 valence electrons. The highest BCUT2D eigenvalue weighted by atomic mass is 35.5. The second-order valence-electron chi connectivity index (χ2n) is 11.2. The van der Waals surface area contributed by atoms with Gasteiger partial charge in [-0.15, -0.1) is 0 Å². The van der Waals surface area contributed by atoms with Crippen molar-refractivity contribution in [2.75, 3.05) is 56.6 Å². The third-order valence-corrected chi connectivity index (χ3v) is 8.80. The van der Waals surface area contributed by atoms with Crippen LogP contribution in [0, 0.1) is 0 Å². The highest BCUT2D eigenvalue weighted by molar-refractivity contribution is 6.34. The molecule has 0 bridgehead atoms. The molecular formula is C33H35Cl2N5O5. The van der Waals surface area contributed by atoms with Crippen LogP contribution in [-0.2, 0) is 9.59 Å². The normalized spacial score (nSPS) is 16.8. The van der Waals surface area contributed by atoms with E-state index in [1.807, 2.05) is 21.9 Å². The van der Waals surface area contributed by atoms with E-state index in [-0.39, 0.29) is 42.5 Å². The number of nitrogens with zero attached hydrogens (tertiary/aromatic N) is 3. The fraction of sp³-hybridized carbons (Fsp3) is 0.333. The van der Waals surface area contributed by atoms with E-state index in [1.54, 1.807) is 53.4 Å². The number of rotatable bonds is 8. The molecule has 1 unspecified atom stereocenters. The van der Waals surface area contributed by atoms with Gasteiger partial charge in [0.2, 0.25) is 11.8 Å². The van der Waals surface area contributed by atoms with Crippen molar-refractivity contribution < 1.29 is 23.9 Å². The van der Waals surface area contributed by atoms with E-state index >= 15 is 0 Å². The van der Waals surface area contributed by atoms with Gasteiger partial charge in [-0.3, -0.25) is 24.1 Å². The molecule has 3 N–H and O–H groups in total. The van der Waals surface area contributed by atoms with Gasteiger partial charge < -0.3 is 25.6 Å². The van der Waals surface area contributed by atoms with Crippen LogP contribution in [-0.4, -0.2) is 79.8 Å². The zero-order valence-electron chi connectivity index (χ0n) is 24.9. The summed E-state index contributed by atoms with van der Waals surface area (Å²) < 4.78 is 5.59. The van der Waals surface area contributed by atoms with E-state index in [0.29, 0.717) is 83.9 Å². The first kappa shape index (κ1) is 32.3. The Bertz CT molecular complexity index is 1610.